The maximum Gasteiger partial charge on any atom is 0.226 e. The predicted molar refractivity (Wildman–Crippen MR) is 80.2 cm³/mol. The van der Waals surface area contributed by atoms with Gasteiger partial charge in [0, 0.05) is 25.1 Å². The second kappa shape index (κ2) is 5.69. The van der Waals surface area contributed by atoms with Gasteiger partial charge in [-0.1, -0.05) is 30.3 Å². The van der Waals surface area contributed by atoms with E-state index in [4.69, 9.17) is 4.74 Å². The first-order chi connectivity index (χ1) is 10.2. The highest BCUT2D eigenvalue weighted by molar-refractivity contribution is 5.41. The molecule has 0 unspecified atom stereocenters. The second-order valence-corrected chi connectivity index (χ2v) is 5.29. The van der Waals surface area contributed by atoms with Crippen LogP contribution in [-0.4, -0.2) is 27.8 Å². The van der Waals surface area contributed by atoms with Crippen LogP contribution >= 0.6 is 0 Å². The van der Waals surface area contributed by atoms with Gasteiger partial charge in [-0.25, -0.2) is 4.98 Å². The number of aliphatic hydroxyl groups excluding tert-OH is 1. The highest BCUT2D eigenvalue weighted by Crippen LogP contribution is 2.43. The lowest BCUT2D eigenvalue weighted by atomic mass is 9.70. The van der Waals surface area contributed by atoms with Crippen molar-refractivity contribution in [3.63, 3.8) is 0 Å². The van der Waals surface area contributed by atoms with E-state index in [0.717, 1.165) is 5.56 Å². The largest absolute Gasteiger partial charge is 0.478 e. The van der Waals surface area contributed by atoms with Gasteiger partial charge in [0.1, 0.15) is 0 Å². The molecule has 1 saturated carbocycles. The SMILES string of the molecule is CCOc1ccnc(NC2(c3ccccc3)CC(O)C2)n1. The molecule has 5 heteroatoms. The van der Waals surface area contributed by atoms with Crippen molar-refractivity contribution in [1.29, 1.82) is 0 Å². The molecular formula is C16H19N3O2. The van der Waals surface area contributed by atoms with E-state index in [9.17, 15) is 5.11 Å². The van der Waals surface area contributed by atoms with Gasteiger partial charge in [0.15, 0.2) is 0 Å². The van der Waals surface area contributed by atoms with Crippen LogP contribution in [0, 0.1) is 0 Å². The molecule has 3 rings (SSSR count). The number of benzene rings is 1. The van der Waals surface area contributed by atoms with Crippen LogP contribution in [0.4, 0.5) is 5.95 Å². The molecule has 2 aromatic rings. The van der Waals surface area contributed by atoms with E-state index < -0.39 is 0 Å². The molecule has 5 nitrogen and oxygen atoms in total. The third-order valence-electron chi connectivity index (χ3n) is 3.77. The molecule has 1 fully saturated rings. The van der Waals surface area contributed by atoms with Crippen LogP contribution in [0.1, 0.15) is 25.3 Å². The molecule has 1 aliphatic rings. The fourth-order valence-electron chi connectivity index (χ4n) is 2.76. The normalized spacial score (nSPS) is 24.2. The zero-order valence-electron chi connectivity index (χ0n) is 12.0. The van der Waals surface area contributed by atoms with Crippen LogP contribution in [0.25, 0.3) is 0 Å². The van der Waals surface area contributed by atoms with E-state index in [0.29, 0.717) is 31.3 Å². The number of anilines is 1. The van der Waals surface area contributed by atoms with Crippen LogP contribution in [0.2, 0.25) is 0 Å². The molecule has 1 aromatic carbocycles. The number of nitrogens with zero attached hydrogens (tertiary/aromatic N) is 2. The molecule has 0 atom stereocenters. The quantitative estimate of drug-likeness (QED) is 0.882. The monoisotopic (exact) mass is 285 g/mol. The first kappa shape index (κ1) is 13.8. The average Bonchev–Trinajstić information content (AvgIpc) is 2.47. The van der Waals surface area contributed by atoms with E-state index in [1.165, 1.54) is 0 Å². The molecule has 0 radical (unpaired) electrons. The zero-order valence-corrected chi connectivity index (χ0v) is 12.0. The van der Waals surface area contributed by atoms with Crippen molar-refractivity contribution in [2.24, 2.45) is 0 Å². The summed E-state index contributed by atoms with van der Waals surface area (Å²) in [5.41, 5.74) is 0.839. The van der Waals surface area contributed by atoms with Crippen molar-refractivity contribution in [3.8, 4) is 5.88 Å². The second-order valence-electron chi connectivity index (χ2n) is 5.29. The molecule has 0 bridgehead atoms. The third-order valence-corrected chi connectivity index (χ3v) is 3.77. The van der Waals surface area contributed by atoms with Crippen LogP contribution in [0.3, 0.4) is 0 Å². The van der Waals surface area contributed by atoms with Crippen molar-refractivity contribution in [2.45, 2.75) is 31.4 Å². The summed E-state index contributed by atoms with van der Waals surface area (Å²) in [7, 11) is 0. The molecule has 0 aliphatic heterocycles. The number of hydrogen-bond acceptors (Lipinski definition) is 5. The highest BCUT2D eigenvalue weighted by Gasteiger charge is 2.45. The fourth-order valence-corrected chi connectivity index (χ4v) is 2.76. The predicted octanol–water partition coefficient (Wildman–Crippen LogP) is 2.34. The summed E-state index contributed by atoms with van der Waals surface area (Å²) in [6, 6.07) is 11.8. The van der Waals surface area contributed by atoms with Gasteiger partial charge in [0.05, 0.1) is 18.2 Å². The summed E-state index contributed by atoms with van der Waals surface area (Å²) in [5, 5.41) is 13.1. The van der Waals surface area contributed by atoms with E-state index >= 15 is 0 Å². The Bertz CT molecular complexity index is 597. The standard InChI is InChI=1S/C16H19N3O2/c1-2-21-14-8-9-17-15(18-14)19-16(10-13(20)11-16)12-6-4-3-5-7-12/h3-9,13,20H,2,10-11H2,1H3,(H,17,18,19). The third kappa shape index (κ3) is 2.83. The number of aromatic nitrogens is 2. The Morgan fingerprint density at radius 3 is 2.71 bits per heavy atom. The molecule has 0 saturated heterocycles. The summed E-state index contributed by atoms with van der Waals surface area (Å²) < 4.78 is 5.40. The fraction of sp³-hybridized carbons (Fsp3) is 0.375. The van der Waals surface area contributed by atoms with Crippen LogP contribution in [0.5, 0.6) is 5.88 Å². The van der Waals surface area contributed by atoms with Crippen molar-refractivity contribution in [2.75, 3.05) is 11.9 Å². The lowest BCUT2D eigenvalue weighted by molar-refractivity contribution is 0.0314. The molecule has 1 aliphatic carbocycles. The Morgan fingerprint density at radius 1 is 1.29 bits per heavy atom. The molecule has 1 aromatic heterocycles. The van der Waals surface area contributed by atoms with Crippen molar-refractivity contribution >= 4 is 5.95 Å². The first-order valence-corrected chi connectivity index (χ1v) is 7.19. The molecule has 0 amide bonds. The van der Waals surface area contributed by atoms with Gasteiger partial charge in [-0.2, -0.15) is 4.98 Å². The van der Waals surface area contributed by atoms with Crippen LogP contribution in [-0.2, 0) is 5.54 Å². The summed E-state index contributed by atoms with van der Waals surface area (Å²) in [5.74, 6) is 1.08. The van der Waals surface area contributed by atoms with Gasteiger partial charge < -0.3 is 15.2 Å². The van der Waals surface area contributed by atoms with E-state index in [1.54, 1.807) is 12.3 Å². The summed E-state index contributed by atoms with van der Waals surface area (Å²) in [4.78, 5) is 8.61. The average molecular weight is 285 g/mol. The number of aliphatic hydroxyl groups is 1. The molecule has 2 N–H and O–H groups in total. The van der Waals surface area contributed by atoms with Gasteiger partial charge >= 0.3 is 0 Å². The smallest absolute Gasteiger partial charge is 0.226 e. The molecule has 110 valence electrons. The molecule has 0 spiro atoms. The first-order valence-electron chi connectivity index (χ1n) is 7.19. The van der Waals surface area contributed by atoms with Gasteiger partial charge in [-0.3, -0.25) is 0 Å². The number of nitrogens with one attached hydrogen (secondary N) is 1. The number of hydrogen-bond donors (Lipinski definition) is 2. The minimum absolute atomic E-state index is 0.284. The number of rotatable bonds is 5. The maximum atomic E-state index is 9.76. The van der Waals surface area contributed by atoms with E-state index in [2.05, 4.69) is 27.4 Å². The summed E-state index contributed by atoms with van der Waals surface area (Å²) in [6.45, 7) is 2.49. The Kier molecular flexibility index (Phi) is 3.75. The molecule has 1 heterocycles. The van der Waals surface area contributed by atoms with Crippen molar-refractivity contribution < 1.29 is 9.84 Å². The van der Waals surface area contributed by atoms with Gasteiger partial charge in [0.25, 0.3) is 0 Å². The van der Waals surface area contributed by atoms with E-state index in [-0.39, 0.29) is 11.6 Å². The lowest BCUT2D eigenvalue weighted by Crippen LogP contribution is -2.50. The molecule has 21 heavy (non-hydrogen) atoms. The zero-order chi connectivity index (χ0) is 14.7. The minimum Gasteiger partial charge on any atom is -0.478 e. The highest BCUT2D eigenvalue weighted by atomic mass is 16.5. The van der Waals surface area contributed by atoms with Gasteiger partial charge in [0.2, 0.25) is 11.8 Å². The maximum absolute atomic E-state index is 9.76. The van der Waals surface area contributed by atoms with Crippen LogP contribution in [0.15, 0.2) is 42.6 Å². The Balaban J connectivity index is 1.85. The topological polar surface area (TPSA) is 67.3 Å². The minimum atomic E-state index is -0.300. The van der Waals surface area contributed by atoms with Gasteiger partial charge in [-0.05, 0) is 12.5 Å². The Labute approximate surface area is 124 Å². The Hall–Kier alpha value is -2.14. The molecular weight excluding hydrogens is 266 g/mol. The van der Waals surface area contributed by atoms with Crippen LogP contribution < -0.4 is 10.1 Å². The summed E-state index contributed by atoms with van der Waals surface area (Å²) in [6.07, 6.45) is 2.69. The van der Waals surface area contributed by atoms with Gasteiger partial charge in [-0.15, -0.1) is 0 Å². The Morgan fingerprint density at radius 2 is 2.05 bits per heavy atom. The number of ether oxygens (including phenoxy) is 1. The van der Waals surface area contributed by atoms with Crippen molar-refractivity contribution in [1.82, 2.24) is 9.97 Å². The van der Waals surface area contributed by atoms with E-state index in [1.807, 2.05) is 25.1 Å². The van der Waals surface area contributed by atoms with Crippen molar-refractivity contribution in [3.05, 3.63) is 48.2 Å². The lowest BCUT2D eigenvalue weighted by Gasteiger charge is -2.46. The summed E-state index contributed by atoms with van der Waals surface area (Å²) >= 11 is 0.